The van der Waals surface area contributed by atoms with Gasteiger partial charge in [-0.1, -0.05) is 6.42 Å². The number of pyridine rings is 1. The van der Waals surface area contributed by atoms with Crippen LogP contribution >= 0.6 is 0 Å². The standard InChI is InChI=1S/C18H26N2O4/c1-18(2,3)24-17(22)20-12-14-10-9-13(11-19-14)16(21)23-15-7-5-4-6-8-15/h9-11,15H,4-8,12H2,1-3H3,(H,20,22). The second-order valence-electron chi connectivity index (χ2n) is 7.06. The molecular weight excluding hydrogens is 308 g/mol. The lowest BCUT2D eigenvalue weighted by Gasteiger charge is -2.21. The van der Waals surface area contributed by atoms with E-state index in [1.54, 1.807) is 32.9 Å². The van der Waals surface area contributed by atoms with Crippen LogP contribution in [0.4, 0.5) is 4.79 Å². The molecule has 0 radical (unpaired) electrons. The molecule has 1 amide bonds. The molecule has 1 saturated carbocycles. The monoisotopic (exact) mass is 334 g/mol. The molecule has 1 aliphatic carbocycles. The minimum atomic E-state index is -0.537. The van der Waals surface area contributed by atoms with E-state index in [1.165, 1.54) is 12.6 Å². The summed E-state index contributed by atoms with van der Waals surface area (Å²) in [6.07, 6.45) is 6.35. The van der Waals surface area contributed by atoms with Crippen molar-refractivity contribution in [1.29, 1.82) is 0 Å². The third-order valence-corrected chi connectivity index (χ3v) is 3.70. The molecule has 0 aliphatic heterocycles. The summed E-state index contributed by atoms with van der Waals surface area (Å²) in [5.74, 6) is -0.332. The first kappa shape index (κ1) is 18.2. The van der Waals surface area contributed by atoms with E-state index in [1.807, 2.05) is 0 Å². The summed E-state index contributed by atoms with van der Waals surface area (Å²) in [4.78, 5) is 27.9. The number of carbonyl (C=O) groups is 2. The molecule has 0 atom stereocenters. The van der Waals surface area contributed by atoms with Crippen molar-refractivity contribution in [2.45, 2.75) is 71.1 Å². The zero-order chi connectivity index (χ0) is 17.6. The number of esters is 1. The van der Waals surface area contributed by atoms with Crippen LogP contribution in [0.1, 0.15) is 68.9 Å². The van der Waals surface area contributed by atoms with E-state index in [0.717, 1.165) is 25.7 Å². The van der Waals surface area contributed by atoms with Crippen molar-refractivity contribution in [2.24, 2.45) is 0 Å². The first-order valence-corrected chi connectivity index (χ1v) is 8.46. The topological polar surface area (TPSA) is 77.5 Å². The molecule has 2 rings (SSSR count). The van der Waals surface area contributed by atoms with Gasteiger partial charge in [-0.25, -0.2) is 9.59 Å². The predicted molar refractivity (Wildman–Crippen MR) is 89.6 cm³/mol. The van der Waals surface area contributed by atoms with Crippen molar-refractivity contribution in [2.75, 3.05) is 0 Å². The number of aromatic nitrogens is 1. The third-order valence-electron chi connectivity index (χ3n) is 3.70. The van der Waals surface area contributed by atoms with Crippen LogP contribution in [0.3, 0.4) is 0 Å². The van der Waals surface area contributed by atoms with Crippen LogP contribution < -0.4 is 5.32 Å². The van der Waals surface area contributed by atoms with Gasteiger partial charge in [0.2, 0.25) is 0 Å². The van der Waals surface area contributed by atoms with Gasteiger partial charge in [-0.2, -0.15) is 0 Å². The van der Waals surface area contributed by atoms with Gasteiger partial charge in [0, 0.05) is 6.20 Å². The summed E-state index contributed by atoms with van der Waals surface area (Å²) in [6, 6.07) is 3.37. The molecule has 1 aliphatic rings. The Balaban J connectivity index is 1.81. The molecule has 6 heteroatoms. The number of carbonyl (C=O) groups excluding carboxylic acids is 2. The summed E-state index contributed by atoms with van der Waals surface area (Å²) in [6.45, 7) is 5.65. The lowest BCUT2D eigenvalue weighted by molar-refractivity contribution is 0.0210. The number of alkyl carbamates (subject to hydrolysis) is 1. The SMILES string of the molecule is CC(C)(C)OC(=O)NCc1ccc(C(=O)OC2CCCCC2)cn1. The highest BCUT2D eigenvalue weighted by molar-refractivity contribution is 5.89. The quantitative estimate of drug-likeness (QED) is 0.851. The molecule has 1 aromatic heterocycles. The normalized spacial score (nSPS) is 15.6. The predicted octanol–water partition coefficient (Wildman–Crippen LogP) is 3.60. The molecule has 0 saturated heterocycles. The second-order valence-corrected chi connectivity index (χ2v) is 7.06. The second kappa shape index (κ2) is 8.13. The lowest BCUT2D eigenvalue weighted by atomic mass is 9.98. The summed E-state index contributed by atoms with van der Waals surface area (Å²) in [7, 11) is 0. The van der Waals surface area contributed by atoms with Crippen molar-refractivity contribution in [1.82, 2.24) is 10.3 Å². The Labute approximate surface area is 142 Å². The van der Waals surface area contributed by atoms with Crippen LogP contribution in [-0.2, 0) is 16.0 Å². The molecule has 24 heavy (non-hydrogen) atoms. The van der Waals surface area contributed by atoms with Crippen molar-refractivity contribution in [3.05, 3.63) is 29.6 Å². The van der Waals surface area contributed by atoms with E-state index >= 15 is 0 Å². The zero-order valence-corrected chi connectivity index (χ0v) is 14.6. The number of hydrogen-bond acceptors (Lipinski definition) is 5. The first-order chi connectivity index (χ1) is 11.3. The number of ether oxygens (including phenoxy) is 2. The number of rotatable bonds is 4. The summed E-state index contributed by atoms with van der Waals surface area (Å²) in [5.41, 5.74) is 0.543. The molecular formula is C18H26N2O4. The van der Waals surface area contributed by atoms with Crippen molar-refractivity contribution < 1.29 is 19.1 Å². The molecule has 1 N–H and O–H groups in total. The van der Waals surface area contributed by atoms with Crippen LogP contribution in [0.15, 0.2) is 18.3 Å². The largest absolute Gasteiger partial charge is 0.459 e. The lowest BCUT2D eigenvalue weighted by Crippen LogP contribution is -2.32. The zero-order valence-electron chi connectivity index (χ0n) is 14.6. The van der Waals surface area contributed by atoms with E-state index < -0.39 is 11.7 Å². The highest BCUT2D eigenvalue weighted by atomic mass is 16.6. The van der Waals surface area contributed by atoms with Crippen LogP contribution in [0, 0.1) is 0 Å². The number of nitrogens with zero attached hydrogens (tertiary/aromatic N) is 1. The maximum atomic E-state index is 12.1. The van der Waals surface area contributed by atoms with Crippen LogP contribution in [-0.4, -0.2) is 28.8 Å². The van der Waals surface area contributed by atoms with Crippen molar-refractivity contribution in [3.8, 4) is 0 Å². The Morgan fingerprint density at radius 1 is 1.21 bits per heavy atom. The minimum absolute atomic E-state index is 0.0276. The van der Waals surface area contributed by atoms with Crippen molar-refractivity contribution >= 4 is 12.1 Å². The Morgan fingerprint density at radius 3 is 2.50 bits per heavy atom. The molecule has 132 valence electrons. The average molecular weight is 334 g/mol. The first-order valence-electron chi connectivity index (χ1n) is 8.46. The number of hydrogen-bond donors (Lipinski definition) is 1. The Kier molecular flexibility index (Phi) is 6.17. The van der Waals surface area contributed by atoms with E-state index in [2.05, 4.69) is 10.3 Å². The van der Waals surface area contributed by atoms with Gasteiger partial charge in [0.15, 0.2) is 0 Å². The fraction of sp³-hybridized carbons (Fsp3) is 0.611. The molecule has 1 heterocycles. The van der Waals surface area contributed by atoms with Gasteiger partial charge in [0.05, 0.1) is 17.8 Å². The summed E-state index contributed by atoms with van der Waals surface area (Å²) < 4.78 is 10.7. The highest BCUT2D eigenvalue weighted by Crippen LogP contribution is 2.21. The molecule has 0 bridgehead atoms. The third kappa shape index (κ3) is 6.18. The van der Waals surface area contributed by atoms with Gasteiger partial charge in [-0.05, 0) is 58.6 Å². The van der Waals surface area contributed by atoms with Gasteiger partial charge < -0.3 is 14.8 Å². The van der Waals surface area contributed by atoms with Crippen LogP contribution in [0.5, 0.6) is 0 Å². The molecule has 0 unspecified atom stereocenters. The molecule has 0 aromatic carbocycles. The maximum Gasteiger partial charge on any atom is 0.407 e. The minimum Gasteiger partial charge on any atom is -0.459 e. The van der Waals surface area contributed by atoms with Crippen molar-refractivity contribution in [3.63, 3.8) is 0 Å². The van der Waals surface area contributed by atoms with Gasteiger partial charge in [-0.3, -0.25) is 4.98 Å². The Morgan fingerprint density at radius 2 is 1.92 bits per heavy atom. The van der Waals surface area contributed by atoms with Gasteiger partial charge in [0.25, 0.3) is 0 Å². The Bertz CT molecular complexity index is 557. The smallest absolute Gasteiger partial charge is 0.407 e. The average Bonchev–Trinajstić information content (AvgIpc) is 2.53. The highest BCUT2D eigenvalue weighted by Gasteiger charge is 2.19. The fourth-order valence-corrected chi connectivity index (χ4v) is 2.53. The number of amides is 1. The van der Waals surface area contributed by atoms with Gasteiger partial charge in [0.1, 0.15) is 11.7 Å². The molecule has 6 nitrogen and oxygen atoms in total. The fourth-order valence-electron chi connectivity index (χ4n) is 2.53. The Hall–Kier alpha value is -2.11. The van der Waals surface area contributed by atoms with E-state index in [9.17, 15) is 9.59 Å². The summed E-state index contributed by atoms with van der Waals surface area (Å²) in [5, 5.41) is 2.63. The molecule has 0 spiro atoms. The van der Waals surface area contributed by atoms with E-state index in [4.69, 9.17) is 9.47 Å². The van der Waals surface area contributed by atoms with Crippen LogP contribution in [0.25, 0.3) is 0 Å². The van der Waals surface area contributed by atoms with Gasteiger partial charge in [-0.15, -0.1) is 0 Å². The molecule has 1 aromatic rings. The van der Waals surface area contributed by atoms with E-state index in [-0.39, 0.29) is 18.6 Å². The maximum absolute atomic E-state index is 12.1. The van der Waals surface area contributed by atoms with E-state index in [0.29, 0.717) is 11.3 Å². The molecule has 1 fully saturated rings. The number of nitrogens with one attached hydrogen (secondary N) is 1. The van der Waals surface area contributed by atoms with Gasteiger partial charge >= 0.3 is 12.1 Å². The summed E-state index contributed by atoms with van der Waals surface area (Å²) >= 11 is 0. The van der Waals surface area contributed by atoms with Crippen LogP contribution in [0.2, 0.25) is 0 Å².